The molecule has 1 aromatic heterocycles. The molecule has 10 heteroatoms. The normalized spacial score (nSPS) is 12.5. The van der Waals surface area contributed by atoms with Crippen LogP contribution in [0.1, 0.15) is 18.1 Å². The first-order valence-corrected chi connectivity index (χ1v) is 10.7. The lowest BCUT2D eigenvalue weighted by Gasteiger charge is -2.22. The van der Waals surface area contributed by atoms with Gasteiger partial charge in [-0.15, -0.1) is 0 Å². The summed E-state index contributed by atoms with van der Waals surface area (Å²) in [6.07, 6.45) is -0.0890. The van der Waals surface area contributed by atoms with E-state index in [9.17, 15) is 23.6 Å². The van der Waals surface area contributed by atoms with Crippen molar-refractivity contribution in [2.75, 3.05) is 14.2 Å². The second-order valence-corrected chi connectivity index (χ2v) is 7.83. The third kappa shape index (κ3) is 6.66. The van der Waals surface area contributed by atoms with Gasteiger partial charge in [-0.2, -0.15) is 0 Å². The van der Waals surface area contributed by atoms with Crippen molar-refractivity contribution in [2.45, 2.75) is 31.8 Å². The summed E-state index contributed by atoms with van der Waals surface area (Å²) in [5, 5.41) is 5.65. The number of halogens is 1. The molecule has 184 valence electrons. The molecule has 2 atom stereocenters. The zero-order valence-corrected chi connectivity index (χ0v) is 19.4. The van der Waals surface area contributed by atoms with Crippen LogP contribution in [0.5, 0.6) is 5.75 Å². The van der Waals surface area contributed by atoms with Crippen LogP contribution in [0.4, 0.5) is 4.39 Å². The average Bonchev–Trinajstić information content (AvgIpc) is 2.81. The van der Waals surface area contributed by atoms with Crippen LogP contribution < -0.4 is 21.0 Å². The Hall–Kier alpha value is -4.21. The molecule has 9 nitrogen and oxygen atoms in total. The summed E-state index contributed by atoms with van der Waals surface area (Å²) in [6.45, 7) is 1.24. The molecule has 2 N–H and O–H groups in total. The molecule has 0 saturated heterocycles. The standard InChI is InChI=1S/C25H25FN2O7/c1-14(29)27-20(10-15-5-4-6-17(26)9-15)24(31)28-21(25(32)34-3)11-16-12-23(30)35-22-13-18(33-2)7-8-19(16)22/h4-9,12-13,20-21H,10-11H2,1-3H3,(H,27,29)(H,28,31)/t20-,21-/m1/s1. The first-order chi connectivity index (χ1) is 16.7. The fourth-order valence-electron chi connectivity index (χ4n) is 3.69. The molecule has 0 unspecified atom stereocenters. The Morgan fingerprint density at radius 2 is 1.77 bits per heavy atom. The Balaban J connectivity index is 1.89. The first-order valence-electron chi connectivity index (χ1n) is 10.7. The monoisotopic (exact) mass is 484 g/mol. The molecule has 0 aliphatic rings. The number of rotatable bonds is 9. The topological polar surface area (TPSA) is 124 Å². The van der Waals surface area contributed by atoms with Crippen molar-refractivity contribution in [2.24, 2.45) is 0 Å². The minimum absolute atomic E-state index is 0.00524. The molecule has 0 bridgehead atoms. The van der Waals surface area contributed by atoms with Crippen LogP contribution in [0.3, 0.4) is 0 Å². The number of benzene rings is 2. The number of nitrogens with one attached hydrogen (secondary N) is 2. The Kier molecular flexibility index (Phi) is 8.19. The molecule has 0 fully saturated rings. The number of esters is 1. The van der Waals surface area contributed by atoms with Gasteiger partial charge >= 0.3 is 11.6 Å². The highest BCUT2D eigenvalue weighted by atomic mass is 19.1. The van der Waals surface area contributed by atoms with Crippen molar-refractivity contribution >= 4 is 28.8 Å². The van der Waals surface area contributed by atoms with Gasteiger partial charge in [0.1, 0.15) is 29.2 Å². The fraction of sp³-hybridized carbons (Fsp3) is 0.280. The first kappa shape index (κ1) is 25.4. The van der Waals surface area contributed by atoms with Crippen LogP contribution in [-0.2, 0) is 32.0 Å². The highest BCUT2D eigenvalue weighted by Gasteiger charge is 2.28. The number of amides is 2. The van der Waals surface area contributed by atoms with E-state index in [-0.39, 0.29) is 18.4 Å². The van der Waals surface area contributed by atoms with Gasteiger partial charge in [0.2, 0.25) is 11.8 Å². The van der Waals surface area contributed by atoms with Crippen molar-refractivity contribution < 1.29 is 32.7 Å². The Labute approximate surface area is 200 Å². The van der Waals surface area contributed by atoms with Gasteiger partial charge in [0.25, 0.3) is 0 Å². The Bertz CT molecular complexity index is 1300. The molecule has 0 radical (unpaired) electrons. The van der Waals surface area contributed by atoms with Crippen molar-refractivity contribution in [1.82, 2.24) is 10.6 Å². The Morgan fingerprint density at radius 3 is 2.43 bits per heavy atom. The SMILES string of the molecule is COC(=O)[C@@H](Cc1cc(=O)oc2cc(OC)ccc12)NC(=O)[C@@H](Cc1cccc(F)c1)NC(C)=O. The van der Waals surface area contributed by atoms with Gasteiger partial charge in [0.15, 0.2) is 0 Å². The summed E-state index contributed by atoms with van der Waals surface area (Å²) in [7, 11) is 2.64. The minimum atomic E-state index is -1.18. The van der Waals surface area contributed by atoms with E-state index in [1.165, 1.54) is 51.5 Å². The number of hydrogen-bond acceptors (Lipinski definition) is 7. The highest BCUT2D eigenvalue weighted by molar-refractivity contribution is 5.91. The van der Waals surface area contributed by atoms with E-state index >= 15 is 0 Å². The fourth-order valence-corrected chi connectivity index (χ4v) is 3.69. The minimum Gasteiger partial charge on any atom is -0.497 e. The zero-order chi connectivity index (χ0) is 25.5. The summed E-state index contributed by atoms with van der Waals surface area (Å²) in [5.74, 6) is -1.90. The number of ether oxygens (including phenoxy) is 2. The second-order valence-electron chi connectivity index (χ2n) is 7.83. The molecule has 2 aromatic carbocycles. The quantitative estimate of drug-likeness (QED) is 0.351. The second kappa shape index (κ2) is 11.3. The molecular formula is C25H25FN2O7. The summed E-state index contributed by atoms with van der Waals surface area (Å²) >= 11 is 0. The van der Waals surface area contributed by atoms with Crippen molar-refractivity contribution in [3.05, 3.63) is 75.9 Å². The third-order valence-corrected chi connectivity index (χ3v) is 5.29. The number of carbonyl (C=O) groups excluding carboxylic acids is 3. The molecule has 0 spiro atoms. The van der Waals surface area contributed by atoms with Crippen molar-refractivity contribution in [3.63, 3.8) is 0 Å². The lowest BCUT2D eigenvalue weighted by molar-refractivity contribution is -0.145. The number of carbonyl (C=O) groups is 3. The summed E-state index contributed by atoms with van der Waals surface area (Å²) in [5.41, 5.74) is 0.534. The molecule has 35 heavy (non-hydrogen) atoms. The zero-order valence-electron chi connectivity index (χ0n) is 19.4. The van der Waals surface area contributed by atoms with Gasteiger partial charge in [-0.25, -0.2) is 14.0 Å². The predicted octanol–water partition coefficient (Wildman–Crippen LogP) is 1.89. The van der Waals surface area contributed by atoms with E-state index in [0.29, 0.717) is 22.3 Å². The van der Waals surface area contributed by atoms with Gasteiger partial charge in [-0.3, -0.25) is 9.59 Å². The maximum atomic E-state index is 13.6. The van der Waals surface area contributed by atoms with Gasteiger partial charge in [-0.1, -0.05) is 12.1 Å². The number of hydrogen-bond donors (Lipinski definition) is 2. The molecule has 3 aromatic rings. The highest BCUT2D eigenvalue weighted by Crippen LogP contribution is 2.23. The van der Waals surface area contributed by atoms with E-state index in [1.807, 2.05) is 0 Å². The number of fused-ring (bicyclic) bond motifs is 1. The maximum absolute atomic E-state index is 13.6. The molecule has 0 saturated carbocycles. The Morgan fingerprint density at radius 1 is 1.00 bits per heavy atom. The smallest absolute Gasteiger partial charge is 0.336 e. The van der Waals surface area contributed by atoms with Crippen LogP contribution in [0, 0.1) is 5.82 Å². The van der Waals surface area contributed by atoms with Crippen LogP contribution in [0.15, 0.2) is 57.7 Å². The summed E-state index contributed by atoms with van der Waals surface area (Å²) in [6, 6.07) is 9.48. The van der Waals surface area contributed by atoms with Crippen LogP contribution in [0.2, 0.25) is 0 Å². The molecule has 3 rings (SSSR count). The summed E-state index contributed by atoms with van der Waals surface area (Å²) < 4.78 is 28.8. The predicted molar refractivity (Wildman–Crippen MR) is 124 cm³/mol. The van der Waals surface area contributed by atoms with Gasteiger partial charge < -0.3 is 24.5 Å². The van der Waals surface area contributed by atoms with Gasteiger partial charge in [-0.05, 0) is 35.4 Å². The summed E-state index contributed by atoms with van der Waals surface area (Å²) in [4.78, 5) is 49.4. The lowest BCUT2D eigenvalue weighted by atomic mass is 10.0. The van der Waals surface area contributed by atoms with Gasteiger partial charge in [0.05, 0.1) is 14.2 Å². The lowest BCUT2D eigenvalue weighted by Crippen LogP contribution is -2.53. The third-order valence-electron chi connectivity index (χ3n) is 5.29. The van der Waals surface area contributed by atoms with E-state index in [2.05, 4.69) is 10.6 Å². The van der Waals surface area contributed by atoms with Crippen LogP contribution >= 0.6 is 0 Å². The maximum Gasteiger partial charge on any atom is 0.336 e. The van der Waals surface area contributed by atoms with E-state index in [0.717, 1.165) is 0 Å². The molecule has 0 aliphatic carbocycles. The molecule has 0 aliphatic heterocycles. The van der Waals surface area contributed by atoms with E-state index < -0.39 is 41.3 Å². The molecular weight excluding hydrogens is 459 g/mol. The largest absolute Gasteiger partial charge is 0.497 e. The van der Waals surface area contributed by atoms with E-state index in [1.54, 1.807) is 18.2 Å². The van der Waals surface area contributed by atoms with Crippen LogP contribution in [-0.4, -0.2) is 44.1 Å². The molecule has 1 heterocycles. The number of methoxy groups -OCH3 is 2. The van der Waals surface area contributed by atoms with Gasteiger partial charge in [0, 0.05) is 37.3 Å². The average molecular weight is 484 g/mol. The molecule has 2 amide bonds. The van der Waals surface area contributed by atoms with Crippen molar-refractivity contribution in [1.29, 1.82) is 0 Å². The van der Waals surface area contributed by atoms with Crippen molar-refractivity contribution in [3.8, 4) is 5.75 Å². The van der Waals surface area contributed by atoms with E-state index in [4.69, 9.17) is 13.9 Å². The van der Waals surface area contributed by atoms with Crippen LogP contribution in [0.25, 0.3) is 11.0 Å².